The van der Waals surface area contributed by atoms with Crippen LogP contribution in [0.15, 0.2) is 0 Å². The topological polar surface area (TPSA) is 0 Å². The molecule has 0 aromatic heterocycles. The van der Waals surface area contributed by atoms with E-state index in [1.54, 1.807) is 0 Å². The maximum Gasteiger partial charge on any atom is -0.00953 e. The SMILES string of the molecule is CC1(C)CCCC(CCS)C1. The lowest BCUT2D eigenvalue weighted by Gasteiger charge is -2.35. The molecule has 1 rings (SSSR count). The quantitative estimate of drug-likeness (QED) is 0.605. The largest absolute Gasteiger partial charge is 0.179 e. The monoisotopic (exact) mass is 172 g/mol. The van der Waals surface area contributed by atoms with Crippen molar-refractivity contribution in [2.24, 2.45) is 11.3 Å². The van der Waals surface area contributed by atoms with Gasteiger partial charge in [0, 0.05) is 0 Å². The third-order valence-corrected chi connectivity index (χ3v) is 3.10. The first-order chi connectivity index (χ1) is 5.14. The van der Waals surface area contributed by atoms with Crippen LogP contribution < -0.4 is 0 Å². The normalized spacial score (nSPS) is 30.3. The van der Waals surface area contributed by atoms with Crippen LogP contribution >= 0.6 is 12.6 Å². The fraction of sp³-hybridized carbons (Fsp3) is 1.00. The summed E-state index contributed by atoms with van der Waals surface area (Å²) in [5.41, 5.74) is 0.617. The fourth-order valence-corrected chi connectivity index (χ4v) is 2.65. The number of thiol groups is 1. The molecule has 0 amide bonds. The maximum absolute atomic E-state index is 4.29. The molecule has 0 saturated heterocycles. The zero-order chi connectivity index (χ0) is 8.32. The highest BCUT2D eigenvalue weighted by Crippen LogP contribution is 2.39. The van der Waals surface area contributed by atoms with Crippen LogP contribution in [0.3, 0.4) is 0 Å². The second-order valence-electron chi connectivity index (χ2n) is 4.64. The standard InChI is InChI=1S/C10H20S/c1-10(2)6-3-4-9(8-10)5-7-11/h9,11H,3-8H2,1-2H3. The van der Waals surface area contributed by atoms with Crippen molar-refractivity contribution in [2.45, 2.75) is 46.0 Å². The molecule has 1 saturated carbocycles. The smallest absolute Gasteiger partial charge is 0.00953 e. The lowest BCUT2D eigenvalue weighted by molar-refractivity contribution is 0.178. The fourth-order valence-electron chi connectivity index (χ4n) is 2.28. The summed E-state index contributed by atoms with van der Waals surface area (Å²) in [5.74, 6) is 2.04. The van der Waals surface area contributed by atoms with Crippen LogP contribution in [-0.4, -0.2) is 5.75 Å². The highest BCUT2D eigenvalue weighted by atomic mass is 32.1. The summed E-state index contributed by atoms with van der Waals surface area (Å²) in [4.78, 5) is 0. The van der Waals surface area contributed by atoms with Gasteiger partial charge in [0.05, 0.1) is 0 Å². The maximum atomic E-state index is 4.29. The Bertz CT molecular complexity index is 116. The molecule has 0 radical (unpaired) electrons. The van der Waals surface area contributed by atoms with Gasteiger partial charge in [0.1, 0.15) is 0 Å². The van der Waals surface area contributed by atoms with Crippen molar-refractivity contribution < 1.29 is 0 Å². The summed E-state index contributed by atoms with van der Waals surface area (Å²) in [5, 5.41) is 0. The van der Waals surface area contributed by atoms with Crippen LogP contribution in [0.2, 0.25) is 0 Å². The van der Waals surface area contributed by atoms with E-state index in [2.05, 4.69) is 26.5 Å². The first-order valence-corrected chi connectivity index (χ1v) is 5.38. The highest BCUT2D eigenvalue weighted by Gasteiger charge is 2.26. The zero-order valence-corrected chi connectivity index (χ0v) is 8.66. The van der Waals surface area contributed by atoms with Gasteiger partial charge in [-0.15, -0.1) is 0 Å². The minimum atomic E-state index is 0.617. The predicted octanol–water partition coefficient (Wildman–Crippen LogP) is 3.52. The molecule has 1 atom stereocenters. The zero-order valence-electron chi connectivity index (χ0n) is 7.77. The van der Waals surface area contributed by atoms with Gasteiger partial charge in [0.2, 0.25) is 0 Å². The van der Waals surface area contributed by atoms with E-state index < -0.39 is 0 Å². The molecule has 1 unspecified atom stereocenters. The van der Waals surface area contributed by atoms with E-state index >= 15 is 0 Å². The number of hydrogen-bond acceptors (Lipinski definition) is 1. The molecule has 1 aliphatic rings. The molecule has 0 aliphatic heterocycles. The van der Waals surface area contributed by atoms with Gasteiger partial charge in [-0.25, -0.2) is 0 Å². The van der Waals surface area contributed by atoms with E-state index in [-0.39, 0.29) is 0 Å². The van der Waals surface area contributed by atoms with Gasteiger partial charge in [-0.3, -0.25) is 0 Å². The van der Waals surface area contributed by atoms with Gasteiger partial charge in [-0.05, 0) is 36.3 Å². The Morgan fingerprint density at radius 2 is 2.18 bits per heavy atom. The summed E-state index contributed by atoms with van der Waals surface area (Å²) in [6.45, 7) is 4.80. The van der Waals surface area contributed by atoms with Gasteiger partial charge in [0.25, 0.3) is 0 Å². The van der Waals surface area contributed by atoms with E-state index in [0.29, 0.717) is 5.41 Å². The van der Waals surface area contributed by atoms with Crippen molar-refractivity contribution in [1.29, 1.82) is 0 Å². The molecule has 1 heteroatoms. The van der Waals surface area contributed by atoms with Crippen molar-refractivity contribution in [3.05, 3.63) is 0 Å². The Balaban J connectivity index is 2.34. The van der Waals surface area contributed by atoms with Crippen LogP contribution in [0, 0.1) is 11.3 Å². The van der Waals surface area contributed by atoms with E-state index in [1.165, 1.54) is 32.1 Å². The molecule has 0 heterocycles. The second-order valence-corrected chi connectivity index (χ2v) is 5.09. The Labute approximate surface area is 76.2 Å². The Morgan fingerprint density at radius 1 is 1.45 bits per heavy atom. The van der Waals surface area contributed by atoms with Crippen molar-refractivity contribution in [3.63, 3.8) is 0 Å². The van der Waals surface area contributed by atoms with Gasteiger partial charge in [0.15, 0.2) is 0 Å². The number of hydrogen-bond donors (Lipinski definition) is 1. The summed E-state index contributed by atoms with van der Waals surface area (Å²) in [6, 6.07) is 0. The van der Waals surface area contributed by atoms with Crippen LogP contribution in [0.5, 0.6) is 0 Å². The second kappa shape index (κ2) is 3.84. The first-order valence-electron chi connectivity index (χ1n) is 4.75. The molecule has 0 bridgehead atoms. The van der Waals surface area contributed by atoms with E-state index in [9.17, 15) is 0 Å². The Kier molecular flexibility index (Phi) is 3.29. The van der Waals surface area contributed by atoms with Crippen LogP contribution in [-0.2, 0) is 0 Å². The summed E-state index contributed by atoms with van der Waals surface area (Å²) >= 11 is 4.29. The van der Waals surface area contributed by atoms with E-state index in [1.807, 2.05) is 0 Å². The molecule has 0 spiro atoms. The molecule has 0 N–H and O–H groups in total. The van der Waals surface area contributed by atoms with Gasteiger partial charge in [-0.2, -0.15) is 12.6 Å². The van der Waals surface area contributed by atoms with Gasteiger partial charge >= 0.3 is 0 Å². The summed E-state index contributed by atoms with van der Waals surface area (Å²) < 4.78 is 0. The van der Waals surface area contributed by atoms with E-state index in [4.69, 9.17) is 0 Å². The average Bonchev–Trinajstić information content (AvgIpc) is 1.85. The summed E-state index contributed by atoms with van der Waals surface area (Å²) in [7, 11) is 0. The lowest BCUT2D eigenvalue weighted by atomic mass is 9.71. The van der Waals surface area contributed by atoms with Crippen LogP contribution in [0.1, 0.15) is 46.0 Å². The molecule has 0 aromatic rings. The molecule has 11 heavy (non-hydrogen) atoms. The molecule has 66 valence electrons. The van der Waals surface area contributed by atoms with E-state index in [0.717, 1.165) is 11.7 Å². The third-order valence-electron chi connectivity index (χ3n) is 2.84. The van der Waals surface area contributed by atoms with Crippen molar-refractivity contribution in [2.75, 3.05) is 5.75 Å². The van der Waals surface area contributed by atoms with Crippen molar-refractivity contribution >= 4 is 12.6 Å². The van der Waals surface area contributed by atoms with Crippen LogP contribution in [0.4, 0.5) is 0 Å². The Hall–Kier alpha value is 0.350. The average molecular weight is 172 g/mol. The molecular formula is C10H20S. The summed E-state index contributed by atoms with van der Waals surface area (Å²) in [6.07, 6.45) is 7.06. The molecule has 1 aliphatic carbocycles. The van der Waals surface area contributed by atoms with Gasteiger partial charge < -0.3 is 0 Å². The van der Waals surface area contributed by atoms with Crippen LogP contribution in [0.25, 0.3) is 0 Å². The number of rotatable bonds is 2. The molecule has 1 fully saturated rings. The molecule has 0 nitrogen and oxygen atoms in total. The Morgan fingerprint density at radius 3 is 2.73 bits per heavy atom. The minimum absolute atomic E-state index is 0.617. The first kappa shape index (κ1) is 9.44. The lowest BCUT2D eigenvalue weighted by Crippen LogP contribution is -2.22. The van der Waals surface area contributed by atoms with Crippen molar-refractivity contribution in [3.8, 4) is 0 Å². The van der Waals surface area contributed by atoms with Crippen molar-refractivity contribution in [1.82, 2.24) is 0 Å². The molecule has 0 aromatic carbocycles. The predicted molar refractivity (Wildman–Crippen MR) is 54.2 cm³/mol. The minimum Gasteiger partial charge on any atom is -0.179 e. The third kappa shape index (κ3) is 3.06. The van der Waals surface area contributed by atoms with Gasteiger partial charge in [-0.1, -0.05) is 26.7 Å². The molecular weight excluding hydrogens is 152 g/mol. The highest BCUT2D eigenvalue weighted by molar-refractivity contribution is 7.80.